The molecule has 82 valence electrons. The number of piperidine rings is 1. The topological polar surface area (TPSA) is 29.3 Å². The van der Waals surface area contributed by atoms with Crippen LogP contribution in [0.2, 0.25) is 0 Å². The van der Waals surface area contributed by atoms with E-state index in [0.717, 1.165) is 18.4 Å². The zero-order valence-electron chi connectivity index (χ0n) is 8.95. The minimum Gasteiger partial charge on any atom is -0.330 e. The van der Waals surface area contributed by atoms with E-state index in [4.69, 9.17) is 5.73 Å². The molecule has 14 heavy (non-hydrogen) atoms. The van der Waals surface area contributed by atoms with E-state index in [1.54, 1.807) is 0 Å². The van der Waals surface area contributed by atoms with Gasteiger partial charge in [0.15, 0.2) is 0 Å². The lowest BCUT2D eigenvalue weighted by atomic mass is 9.97. The summed E-state index contributed by atoms with van der Waals surface area (Å²) in [6, 6.07) is 0. The molecule has 0 saturated carbocycles. The minimum atomic E-state index is 0.776. The molecule has 2 aliphatic heterocycles. The summed E-state index contributed by atoms with van der Waals surface area (Å²) in [5.41, 5.74) is 5.74. The monoisotopic (exact) mass is 214 g/mol. The molecule has 2 saturated heterocycles. The van der Waals surface area contributed by atoms with Gasteiger partial charge in [0, 0.05) is 13.1 Å². The second kappa shape index (κ2) is 5.38. The summed E-state index contributed by atoms with van der Waals surface area (Å²) in [5.74, 6) is 4.53. The maximum atomic E-state index is 5.74. The van der Waals surface area contributed by atoms with Crippen LogP contribution in [-0.4, -0.2) is 42.6 Å². The summed E-state index contributed by atoms with van der Waals surface area (Å²) in [6.07, 6.45) is 4.16. The molecular formula is C11H22N2S. The van der Waals surface area contributed by atoms with Crippen LogP contribution in [0.3, 0.4) is 0 Å². The van der Waals surface area contributed by atoms with E-state index in [2.05, 4.69) is 16.7 Å². The molecule has 2 heterocycles. The Morgan fingerprint density at radius 2 is 2.21 bits per heavy atom. The summed E-state index contributed by atoms with van der Waals surface area (Å²) in [4.78, 5) is 2.65. The van der Waals surface area contributed by atoms with E-state index in [1.165, 1.54) is 50.4 Å². The summed E-state index contributed by atoms with van der Waals surface area (Å²) in [5, 5.41) is 0. The molecule has 2 nitrogen and oxygen atoms in total. The molecule has 0 aliphatic carbocycles. The minimum absolute atomic E-state index is 0.776. The lowest BCUT2D eigenvalue weighted by Gasteiger charge is -2.33. The van der Waals surface area contributed by atoms with Gasteiger partial charge in [0.1, 0.15) is 0 Å². The Balaban J connectivity index is 1.73. The molecule has 2 N–H and O–H groups in total. The van der Waals surface area contributed by atoms with Crippen LogP contribution in [0, 0.1) is 11.8 Å². The van der Waals surface area contributed by atoms with Crippen molar-refractivity contribution in [3.8, 4) is 0 Å². The SMILES string of the molecule is NCC1CCCN(CC2CCSC2)C1. The fraction of sp³-hybridized carbons (Fsp3) is 1.00. The van der Waals surface area contributed by atoms with Gasteiger partial charge in [-0.3, -0.25) is 0 Å². The second-order valence-corrected chi connectivity index (χ2v) is 5.88. The van der Waals surface area contributed by atoms with Gasteiger partial charge in [0.05, 0.1) is 0 Å². The van der Waals surface area contributed by atoms with Crippen molar-refractivity contribution in [2.45, 2.75) is 19.3 Å². The average molecular weight is 214 g/mol. The van der Waals surface area contributed by atoms with Crippen molar-refractivity contribution >= 4 is 11.8 Å². The van der Waals surface area contributed by atoms with Gasteiger partial charge >= 0.3 is 0 Å². The number of nitrogens with zero attached hydrogens (tertiary/aromatic N) is 1. The molecule has 0 aromatic rings. The van der Waals surface area contributed by atoms with Crippen molar-refractivity contribution in [3.63, 3.8) is 0 Å². The van der Waals surface area contributed by atoms with Gasteiger partial charge in [-0.15, -0.1) is 0 Å². The maximum absolute atomic E-state index is 5.74. The third-order valence-electron chi connectivity index (χ3n) is 3.48. The van der Waals surface area contributed by atoms with Crippen LogP contribution in [-0.2, 0) is 0 Å². The lowest BCUT2D eigenvalue weighted by Crippen LogP contribution is -2.40. The van der Waals surface area contributed by atoms with Crippen molar-refractivity contribution < 1.29 is 0 Å². The molecular weight excluding hydrogens is 192 g/mol. The van der Waals surface area contributed by atoms with E-state index in [9.17, 15) is 0 Å². The number of nitrogens with two attached hydrogens (primary N) is 1. The quantitative estimate of drug-likeness (QED) is 0.770. The van der Waals surface area contributed by atoms with Gasteiger partial charge in [0.25, 0.3) is 0 Å². The van der Waals surface area contributed by atoms with Crippen molar-refractivity contribution in [2.75, 3.05) is 37.7 Å². The number of rotatable bonds is 3. The zero-order valence-corrected chi connectivity index (χ0v) is 9.77. The molecule has 0 aromatic heterocycles. The van der Waals surface area contributed by atoms with E-state index in [1.807, 2.05) is 0 Å². The third-order valence-corrected chi connectivity index (χ3v) is 4.71. The predicted octanol–water partition coefficient (Wildman–Crippen LogP) is 1.41. The van der Waals surface area contributed by atoms with Crippen LogP contribution in [0.1, 0.15) is 19.3 Å². The van der Waals surface area contributed by atoms with Crippen LogP contribution < -0.4 is 5.73 Å². The Kier molecular flexibility index (Phi) is 4.14. The molecule has 0 spiro atoms. The third kappa shape index (κ3) is 2.88. The summed E-state index contributed by atoms with van der Waals surface area (Å²) >= 11 is 2.13. The van der Waals surface area contributed by atoms with Gasteiger partial charge in [-0.05, 0) is 55.7 Å². The van der Waals surface area contributed by atoms with E-state index in [0.29, 0.717) is 0 Å². The van der Waals surface area contributed by atoms with Crippen LogP contribution in [0.25, 0.3) is 0 Å². The highest BCUT2D eigenvalue weighted by atomic mass is 32.2. The van der Waals surface area contributed by atoms with E-state index >= 15 is 0 Å². The highest BCUT2D eigenvalue weighted by Gasteiger charge is 2.23. The van der Waals surface area contributed by atoms with Crippen molar-refractivity contribution in [3.05, 3.63) is 0 Å². The molecule has 2 rings (SSSR count). The lowest BCUT2D eigenvalue weighted by molar-refractivity contribution is 0.159. The first-order chi connectivity index (χ1) is 6.88. The summed E-state index contributed by atoms with van der Waals surface area (Å²) < 4.78 is 0. The van der Waals surface area contributed by atoms with Gasteiger partial charge in [-0.25, -0.2) is 0 Å². The predicted molar refractivity (Wildman–Crippen MR) is 63.7 cm³/mol. The van der Waals surface area contributed by atoms with Crippen molar-refractivity contribution in [1.29, 1.82) is 0 Å². The Bertz CT molecular complexity index is 169. The van der Waals surface area contributed by atoms with Gasteiger partial charge in [-0.2, -0.15) is 11.8 Å². The van der Waals surface area contributed by atoms with Crippen LogP contribution in [0.5, 0.6) is 0 Å². The molecule has 0 radical (unpaired) electrons. The summed E-state index contributed by atoms with van der Waals surface area (Å²) in [7, 11) is 0. The normalized spacial score (nSPS) is 34.9. The van der Waals surface area contributed by atoms with Crippen LogP contribution in [0.4, 0.5) is 0 Å². The first-order valence-corrected chi connectivity index (χ1v) is 7.04. The molecule has 3 heteroatoms. The summed E-state index contributed by atoms with van der Waals surface area (Å²) in [6.45, 7) is 4.80. The number of likely N-dealkylation sites (tertiary alicyclic amines) is 1. The van der Waals surface area contributed by atoms with Gasteiger partial charge < -0.3 is 10.6 Å². The van der Waals surface area contributed by atoms with E-state index in [-0.39, 0.29) is 0 Å². The van der Waals surface area contributed by atoms with Gasteiger partial charge in [-0.1, -0.05) is 0 Å². The Labute approximate surface area is 91.6 Å². The molecule has 0 aromatic carbocycles. The Hall–Kier alpha value is 0.270. The zero-order chi connectivity index (χ0) is 9.80. The molecule has 2 atom stereocenters. The smallest absolute Gasteiger partial charge is 0.00218 e. The van der Waals surface area contributed by atoms with Crippen molar-refractivity contribution in [1.82, 2.24) is 4.90 Å². The maximum Gasteiger partial charge on any atom is 0.00218 e. The molecule has 0 bridgehead atoms. The average Bonchev–Trinajstić information content (AvgIpc) is 2.71. The highest BCUT2D eigenvalue weighted by Crippen LogP contribution is 2.25. The van der Waals surface area contributed by atoms with Crippen molar-refractivity contribution in [2.24, 2.45) is 17.6 Å². The molecule has 2 fully saturated rings. The highest BCUT2D eigenvalue weighted by molar-refractivity contribution is 7.99. The number of hydrogen-bond acceptors (Lipinski definition) is 3. The van der Waals surface area contributed by atoms with Crippen LogP contribution in [0.15, 0.2) is 0 Å². The first-order valence-electron chi connectivity index (χ1n) is 5.88. The fourth-order valence-corrected chi connectivity index (χ4v) is 3.87. The van der Waals surface area contributed by atoms with Gasteiger partial charge in [0.2, 0.25) is 0 Å². The Morgan fingerprint density at radius 1 is 1.29 bits per heavy atom. The molecule has 2 unspecified atom stereocenters. The standard InChI is InChI=1S/C11H22N2S/c12-6-10-2-1-4-13(7-10)8-11-3-5-14-9-11/h10-11H,1-9,12H2. The number of hydrogen-bond donors (Lipinski definition) is 1. The second-order valence-electron chi connectivity index (χ2n) is 4.73. The first kappa shape index (κ1) is 10.8. The number of thioether (sulfide) groups is 1. The molecule has 0 amide bonds. The van der Waals surface area contributed by atoms with Crippen LogP contribution >= 0.6 is 11.8 Å². The Morgan fingerprint density at radius 3 is 2.93 bits per heavy atom. The van der Waals surface area contributed by atoms with E-state index < -0.39 is 0 Å². The largest absolute Gasteiger partial charge is 0.330 e. The molecule has 2 aliphatic rings. The fourth-order valence-electron chi connectivity index (χ4n) is 2.60.